The van der Waals surface area contributed by atoms with Gasteiger partial charge < -0.3 is 10.0 Å². The van der Waals surface area contributed by atoms with Crippen molar-refractivity contribution in [3.8, 4) is 0 Å². The number of aromatic carboxylic acids is 1. The number of hydrogen-bond acceptors (Lipinski definition) is 2. The molecule has 4 nitrogen and oxygen atoms in total. The Balaban J connectivity index is 1.94. The van der Waals surface area contributed by atoms with Crippen molar-refractivity contribution in [1.29, 1.82) is 0 Å². The van der Waals surface area contributed by atoms with E-state index in [1.54, 1.807) is 18.2 Å². The summed E-state index contributed by atoms with van der Waals surface area (Å²) in [4.78, 5) is 25.3. The minimum absolute atomic E-state index is 0.0717. The molecule has 0 atom stereocenters. The average molecular weight is 303 g/mol. The molecule has 1 aromatic rings. The van der Waals surface area contributed by atoms with Crippen LogP contribution in [0.5, 0.6) is 0 Å². The van der Waals surface area contributed by atoms with Gasteiger partial charge in [0.2, 0.25) is 5.91 Å². The first-order valence-corrected chi connectivity index (χ1v) is 8.09. The Bertz CT molecular complexity index is 533. The minimum atomic E-state index is -0.958. The molecular weight excluding hydrogens is 278 g/mol. The molecule has 1 N–H and O–H groups in total. The van der Waals surface area contributed by atoms with Gasteiger partial charge in [-0.25, -0.2) is 4.79 Å². The van der Waals surface area contributed by atoms with Crippen molar-refractivity contribution in [3.63, 3.8) is 0 Å². The number of carbonyl (C=O) groups is 2. The lowest BCUT2D eigenvalue weighted by Crippen LogP contribution is -2.40. The zero-order valence-corrected chi connectivity index (χ0v) is 13.4. The van der Waals surface area contributed by atoms with Gasteiger partial charge in [-0.1, -0.05) is 25.5 Å². The first-order valence-electron chi connectivity index (χ1n) is 8.09. The number of likely N-dealkylation sites (N-methyl/N-ethyl adjacent to an activating group) is 1. The van der Waals surface area contributed by atoms with Crippen molar-refractivity contribution in [1.82, 2.24) is 4.90 Å². The van der Waals surface area contributed by atoms with E-state index in [4.69, 9.17) is 5.11 Å². The van der Waals surface area contributed by atoms with Crippen LogP contribution < -0.4 is 0 Å². The smallest absolute Gasteiger partial charge is 0.335 e. The van der Waals surface area contributed by atoms with Crippen LogP contribution in [0.4, 0.5) is 0 Å². The fourth-order valence-electron chi connectivity index (χ4n) is 3.26. The van der Waals surface area contributed by atoms with Gasteiger partial charge in [0.1, 0.15) is 0 Å². The third-order valence-corrected chi connectivity index (χ3v) is 4.86. The van der Waals surface area contributed by atoms with Gasteiger partial charge in [0.25, 0.3) is 0 Å². The molecule has 1 aliphatic carbocycles. The molecule has 1 fully saturated rings. The molecule has 0 bridgehead atoms. The van der Waals surface area contributed by atoms with Gasteiger partial charge in [-0.05, 0) is 49.3 Å². The fourth-order valence-corrected chi connectivity index (χ4v) is 3.26. The molecule has 0 radical (unpaired) electrons. The van der Waals surface area contributed by atoms with Crippen LogP contribution in [0.3, 0.4) is 0 Å². The lowest BCUT2D eigenvalue weighted by molar-refractivity contribution is -0.132. The Hall–Kier alpha value is -1.84. The lowest BCUT2D eigenvalue weighted by Gasteiger charge is -2.34. The maximum Gasteiger partial charge on any atom is 0.335 e. The lowest BCUT2D eigenvalue weighted by atomic mass is 9.84. The van der Waals surface area contributed by atoms with Crippen molar-refractivity contribution in [2.75, 3.05) is 7.05 Å². The van der Waals surface area contributed by atoms with Crippen molar-refractivity contribution in [2.45, 2.75) is 51.5 Å². The summed E-state index contributed by atoms with van der Waals surface area (Å²) in [6.45, 7) is 2.23. The summed E-state index contributed by atoms with van der Waals surface area (Å²) < 4.78 is 0. The highest BCUT2D eigenvalue weighted by Gasteiger charge is 2.25. The SMILES string of the molecule is CCC1CCC(N(C)C(=O)Cc2cccc(C(=O)O)c2)CC1. The van der Waals surface area contributed by atoms with Gasteiger partial charge in [0.15, 0.2) is 0 Å². The van der Waals surface area contributed by atoms with Crippen molar-refractivity contribution in [3.05, 3.63) is 35.4 Å². The molecule has 22 heavy (non-hydrogen) atoms. The van der Waals surface area contributed by atoms with Crippen molar-refractivity contribution < 1.29 is 14.7 Å². The Morgan fingerprint density at radius 3 is 2.50 bits per heavy atom. The summed E-state index contributed by atoms with van der Waals surface area (Å²) >= 11 is 0. The molecule has 0 aliphatic heterocycles. The van der Waals surface area contributed by atoms with Crippen LogP contribution >= 0.6 is 0 Å². The standard InChI is InChI=1S/C18H25NO3/c1-3-13-7-9-16(10-8-13)19(2)17(20)12-14-5-4-6-15(11-14)18(21)22/h4-6,11,13,16H,3,7-10,12H2,1-2H3,(H,21,22). The van der Waals surface area contributed by atoms with E-state index in [0.29, 0.717) is 6.04 Å². The molecule has 2 rings (SSSR count). The number of rotatable bonds is 5. The van der Waals surface area contributed by atoms with E-state index in [1.165, 1.54) is 19.3 Å². The normalized spacial score (nSPS) is 21.4. The van der Waals surface area contributed by atoms with E-state index in [1.807, 2.05) is 18.0 Å². The molecule has 0 saturated heterocycles. The number of carbonyl (C=O) groups excluding carboxylic acids is 1. The zero-order chi connectivity index (χ0) is 16.1. The highest BCUT2D eigenvalue weighted by molar-refractivity contribution is 5.88. The summed E-state index contributed by atoms with van der Waals surface area (Å²) in [5, 5.41) is 9.01. The number of nitrogens with zero attached hydrogens (tertiary/aromatic N) is 1. The van der Waals surface area contributed by atoms with Crippen LogP contribution in [0, 0.1) is 5.92 Å². The molecule has 0 spiro atoms. The summed E-state index contributed by atoms with van der Waals surface area (Å²) in [7, 11) is 1.88. The fraction of sp³-hybridized carbons (Fsp3) is 0.556. The highest BCUT2D eigenvalue weighted by Crippen LogP contribution is 2.29. The van der Waals surface area contributed by atoms with Gasteiger partial charge >= 0.3 is 5.97 Å². The molecule has 0 aromatic heterocycles. The molecule has 1 aliphatic rings. The Morgan fingerprint density at radius 2 is 1.91 bits per heavy atom. The van der Waals surface area contributed by atoms with Crippen molar-refractivity contribution >= 4 is 11.9 Å². The molecule has 120 valence electrons. The minimum Gasteiger partial charge on any atom is -0.478 e. The summed E-state index contributed by atoms with van der Waals surface area (Å²) in [6, 6.07) is 6.97. The van der Waals surface area contributed by atoms with E-state index in [0.717, 1.165) is 24.3 Å². The first kappa shape index (κ1) is 16.5. The Morgan fingerprint density at radius 1 is 1.23 bits per heavy atom. The summed E-state index contributed by atoms with van der Waals surface area (Å²) in [6.07, 6.45) is 6.06. The molecule has 4 heteroatoms. The van der Waals surface area contributed by atoms with E-state index < -0.39 is 5.97 Å². The third-order valence-electron chi connectivity index (χ3n) is 4.86. The summed E-state index contributed by atoms with van der Waals surface area (Å²) in [5.41, 5.74) is 0.996. The predicted octanol–water partition coefficient (Wildman–Crippen LogP) is 3.35. The molecule has 1 amide bonds. The molecule has 1 aromatic carbocycles. The van der Waals surface area contributed by atoms with Gasteiger partial charge in [0.05, 0.1) is 12.0 Å². The van der Waals surface area contributed by atoms with Crippen LogP contribution in [-0.2, 0) is 11.2 Å². The number of hydrogen-bond donors (Lipinski definition) is 1. The second kappa shape index (κ2) is 7.43. The number of carboxylic acids is 1. The van der Waals surface area contributed by atoms with Crippen LogP contribution in [0.15, 0.2) is 24.3 Å². The van der Waals surface area contributed by atoms with Gasteiger partial charge in [0, 0.05) is 13.1 Å². The van der Waals surface area contributed by atoms with Crippen molar-refractivity contribution in [2.24, 2.45) is 5.92 Å². The number of carboxylic acid groups (broad SMARTS) is 1. The quantitative estimate of drug-likeness (QED) is 0.907. The Kier molecular flexibility index (Phi) is 5.58. The summed E-state index contributed by atoms with van der Waals surface area (Å²) in [5.74, 6) is -0.0740. The van der Waals surface area contributed by atoms with E-state index in [9.17, 15) is 9.59 Å². The molecule has 1 saturated carbocycles. The maximum absolute atomic E-state index is 12.4. The monoisotopic (exact) mass is 303 g/mol. The van der Waals surface area contributed by atoms with Crippen LogP contribution in [0.2, 0.25) is 0 Å². The van der Waals surface area contributed by atoms with E-state index >= 15 is 0 Å². The van der Waals surface area contributed by atoms with Gasteiger partial charge in [-0.3, -0.25) is 4.79 Å². The van der Waals surface area contributed by atoms with Crippen LogP contribution in [0.1, 0.15) is 54.9 Å². The largest absolute Gasteiger partial charge is 0.478 e. The number of amides is 1. The Labute approximate surface area is 132 Å². The highest BCUT2D eigenvalue weighted by atomic mass is 16.4. The molecule has 0 heterocycles. The average Bonchev–Trinajstić information content (AvgIpc) is 2.54. The van der Waals surface area contributed by atoms with E-state index in [2.05, 4.69) is 6.92 Å². The predicted molar refractivity (Wildman–Crippen MR) is 85.9 cm³/mol. The maximum atomic E-state index is 12.4. The molecule has 0 unspecified atom stereocenters. The topological polar surface area (TPSA) is 57.6 Å². The van der Waals surface area contributed by atoms with Crippen LogP contribution in [0.25, 0.3) is 0 Å². The van der Waals surface area contributed by atoms with Crippen LogP contribution in [-0.4, -0.2) is 35.0 Å². The third kappa shape index (κ3) is 4.09. The first-order chi connectivity index (χ1) is 10.5. The van der Waals surface area contributed by atoms with Gasteiger partial charge in [-0.2, -0.15) is 0 Å². The van der Waals surface area contributed by atoms with E-state index in [-0.39, 0.29) is 17.9 Å². The molecular formula is C18H25NO3. The second-order valence-electron chi connectivity index (χ2n) is 6.27. The van der Waals surface area contributed by atoms with Gasteiger partial charge in [-0.15, -0.1) is 0 Å². The second-order valence-corrected chi connectivity index (χ2v) is 6.27. The number of benzene rings is 1. The zero-order valence-electron chi connectivity index (χ0n) is 13.4.